The maximum atomic E-state index is 6.00. The monoisotopic (exact) mass is 279 g/mol. The maximum absolute atomic E-state index is 6.00. The largest absolute Gasteiger partial charge is 0.369 e. The van der Waals surface area contributed by atoms with Gasteiger partial charge in [0.25, 0.3) is 0 Å². The predicted molar refractivity (Wildman–Crippen MR) is 84.8 cm³/mol. The third kappa shape index (κ3) is 3.86. The van der Waals surface area contributed by atoms with E-state index in [4.69, 9.17) is 5.73 Å². The summed E-state index contributed by atoms with van der Waals surface area (Å²) in [6.45, 7) is 8.98. The second-order valence-electron chi connectivity index (χ2n) is 5.80. The van der Waals surface area contributed by atoms with E-state index in [-0.39, 0.29) is 6.04 Å². The Bertz CT molecular complexity index is 402. The van der Waals surface area contributed by atoms with Crippen molar-refractivity contribution in [2.75, 3.05) is 23.7 Å². The first-order chi connectivity index (χ1) is 9.02. The summed E-state index contributed by atoms with van der Waals surface area (Å²) >= 11 is 2.07. The van der Waals surface area contributed by atoms with Crippen LogP contribution in [-0.4, -0.2) is 28.6 Å². The number of anilines is 1. The minimum absolute atomic E-state index is 0.0627. The number of pyridine rings is 1. The van der Waals surface area contributed by atoms with Crippen LogP contribution in [0, 0.1) is 0 Å². The molecule has 0 radical (unpaired) electrons. The fourth-order valence-corrected chi connectivity index (χ4v) is 3.39. The SMILES string of the molecule is CC[C@H](N)c1ccc(N2CCSC(C)(C)CC2)cn1. The molecule has 4 heteroatoms. The Morgan fingerprint density at radius 3 is 2.84 bits per heavy atom. The minimum Gasteiger partial charge on any atom is -0.369 e. The van der Waals surface area contributed by atoms with Crippen LogP contribution in [0.2, 0.25) is 0 Å². The molecule has 2 rings (SSSR count). The van der Waals surface area contributed by atoms with Crippen molar-refractivity contribution in [1.29, 1.82) is 0 Å². The van der Waals surface area contributed by atoms with E-state index in [0.717, 1.165) is 25.2 Å². The Hall–Kier alpha value is -0.740. The van der Waals surface area contributed by atoms with Crippen molar-refractivity contribution in [3.05, 3.63) is 24.0 Å². The van der Waals surface area contributed by atoms with Crippen molar-refractivity contribution in [3.63, 3.8) is 0 Å². The molecule has 2 N–H and O–H groups in total. The molecule has 2 heterocycles. The van der Waals surface area contributed by atoms with Gasteiger partial charge in [0.2, 0.25) is 0 Å². The van der Waals surface area contributed by atoms with Gasteiger partial charge < -0.3 is 10.6 Å². The van der Waals surface area contributed by atoms with Crippen LogP contribution in [-0.2, 0) is 0 Å². The summed E-state index contributed by atoms with van der Waals surface area (Å²) in [5.41, 5.74) is 8.23. The van der Waals surface area contributed by atoms with Crippen molar-refractivity contribution >= 4 is 17.4 Å². The van der Waals surface area contributed by atoms with E-state index in [1.807, 2.05) is 6.20 Å². The molecule has 1 aromatic rings. The molecule has 19 heavy (non-hydrogen) atoms. The number of hydrogen-bond acceptors (Lipinski definition) is 4. The smallest absolute Gasteiger partial charge is 0.0572 e. The molecule has 1 fully saturated rings. The average Bonchev–Trinajstić information content (AvgIpc) is 2.59. The molecular formula is C15H25N3S. The molecule has 0 saturated carbocycles. The van der Waals surface area contributed by atoms with Crippen molar-refractivity contribution in [3.8, 4) is 0 Å². The number of hydrogen-bond donors (Lipinski definition) is 1. The highest BCUT2D eigenvalue weighted by Gasteiger charge is 2.23. The van der Waals surface area contributed by atoms with Gasteiger partial charge in [-0.25, -0.2) is 0 Å². The van der Waals surface area contributed by atoms with Crippen molar-refractivity contribution in [1.82, 2.24) is 4.98 Å². The fraction of sp³-hybridized carbons (Fsp3) is 0.667. The second-order valence-corrected chi connectivity index (χ2v) is 7.60. The Kier molecular flexibility index (Phi) is 4.74. The number of nitrogens with two attached hydrogens (primary N) is 1. The highest BCUT2D eigenvalue weighted by Crippen LogP contribution is 2.32. The number of rotatable bonds is 3. The quantitative estimate of drug-likeness (QED) is 0.922. The lowest BCUT2D eigenvalue weighted by molar-refractivity contribution is 0.636. The Labute approximate surface area is 121 Å². The zero-order chi connectivity index (χ0) is 13.9. The molecule has 1 aliphatic rings. The van der Waals surface area contributed by atoms with Crippen LogP contribution in [0.15, 0.2) is 18.3 Å². The zero-order valence-corrected chi connectivity index (χ0v) is 13.0. The van der Waals surface area contributed by atoms with Gasteiger partial charge in [0.15, 0.2) is 0 Å². The summed E-state index contributed by atoms with van der Waals surface area (Å²) in [5, 5.41) is 0. The van der Waals surface area contributed by atoms with E-state index in [9.17, 15) is 0 Å². The van der Waals surface area contributed by atoms with Crippen LogP contribution in [0.3, 0.4) is 0 Å². The van der Waals surface area contributed by atoms with E-state index in [0.29, 0.717) is 4.75 Å². The van der Waals surface area contributed by atoms with Crippen LogP contribution in [0.5, 0.6) is 0 Å². The summed E-state index contributed by atoms with van der Waals surface area (Å²) in [4.78, 5) is 6.96. The topological polar surface area (TPSA) is 42.1 Å². The van der Waals surface area contributed by atoms with E-state index in [1.54, 1.807) is 0 Å². The first kappa shape index (κ1) is 14.7. The van der Waals surface area contributed by atoms with Crippen LogP contribution in [0.25, 0.3) is 0 Å². The Morgan fingerprint density at radius 2 is 2.21 bits per heavy atom. The molecule has 0 aliphatic carbocycles. The first-order valence-corrected chi connectivity index (χ1v) is 8.11. The molecule has 0 spiro atoms. The first-order valence-electron chi connectivity index (χ1n) is 7.12. The molecule has 1 aromatic heterocycles. The molecule has 1 atom stereocenters. The highest BCUT2D eigenvalue weighted by atomic mass is 32.2. The Balaban J connectivity index is 2.05. The molecule has 0 bridgehead atoms. The molecule has 0 aromatic carbocycles. The lowest BCUT2D eigenvalue weighted by Crippen LogP contribution is -2.27. The van der Waals surface area contributed by atoms with Gasteiger partial charge in [-0.15, -0.1) is 0 Å². The molecule has 0 unspecified atom stereocenters. The van der Waals surface area contributed by atoms with Gasteiger partial charge in [0.1, 0.15) is 0 Å². The number of thioether (sulfide) groups is 1. The minimum atomic E-state index is 0.0627. The standard InChI is InChI=1S/C15H25N3S/c1-4-13(16)14-6-5-12(11-17-14)18-8-7-15(2,3)19-10-9-18/h5-6,11,13H,4,7-10,16H2,1-3H3/t13-/m0/s1. The summed E-state index contributed by atoms with van der Waals surface area (Å²) in [7, 11) is 0. The van der Waals surface area contributed by atoms with E-state index >= 15 is 0 Å². The van der Waals surface area contributed by atoms with Crippen LogP contribution in [0.1, 0.15) is 45.3 Å². The zero-order valence-electron chi connectivity index (χ0n) is 12.2. The lowest BCUT2D eigenvalue weighted by Gasteiger charge is -2.24. The summed E-state index contributed by atoms with van der Waals surface area (Å²) in [6, 6.07) is 4.31. The van der Waals surface area contributed by atoms with Crippen molar-refractivity contribution in [2.24, 2.45) is 5.73 Å². The Morgan fingerprint density at radius 1 is 1.42 bits per heavy atom. The van der Waals surface area contributed by atoms with Gasteiger partial charge >= 0.3 is 0 Å². The van der Waals surface area contributed by atoms with Gasteiger partial charge in [-0.3, -0.25) is 4.98 Å². The van der Waals surface area contributed by atoms with Gasteiger partial charge in [-0.2, -0.15) is 11.8 Å². The third-order valence-corrected chi connectivity index (χ3v) is 5.17. The molecular weight excluding hydrogens is 254 g/mol. The third-order valence-electron chi connectivity index (χ3n) is 3.79. The van der Waals surface area contributed by atoms with Gasteiger partial charge in [-0.1, -0.05) is 20.8 Å². The summed E-state index contributed by atoms with van der Waals surface area (Å²) < 4.78 is 0.396. The van der Waals surface area contributed by atoms with Crippen molar-refractivity contribution in [2.45, 2.75) is 44.4 Å². The lowest BCUT2D eigenvalue weighted by atomic mass is 10.1. The number of aromatic nitrogens is 1. The average molecular weight is 279 g/mol. The van der Waals surface area contributed by atoms with E-state index < -0.39 is 0 Å². The molecule has 1 saturated heterocycles. The van der Waals surface area contributed by atoms with Crippen molar-refractivity contribution < 1.29 is 0 Å². The van der Waals surface area contributed by atoms with Gasteiger partial charge in [0, 0.05) is 29.6 Å². The van der Waals surface area contributed by atoms with E-state index in [1.165, 1.54) is 17.9 Å². The van der Waals surface area contributed by atoms with Gasteiger partial charge in [0.05, 0.1) is 17.6 Å². The molecule has 0 amide bonds. The highest BCUT2D eigenvalue weighted by molar-refractivity contribution is 8.00. The van der Waals surface area contributed by atoms with Crippen LogP contribution in [0.4, 0.5) is 5.69 Å². The van der Waals surface area contributed by atoms with Crippen LogP contribution >= 0.6 is 11.8 Å². The summed E-state index contributed by atoms with van der Waals surface area (Å²) in [5.74, 6) is 1.18. The van der Waals surface area contributed by atoms with E-state index in [2.05, 4.69) is 54.5 Å². The molecule has 106 valence electrons. The molecule has 1 aliphatic heterocycles. The normalized spacial score (nSPS) is 20.9. The predicted octanol–water partition coefficient (Wildman–Crippen LogP) is 3.21. The fourth-order valence-electron chi connectivity index (χ4n) is 2.29. The second kappa shape index (κ2) is 6.14. The number of nitrogens with zero attached hydrogens (tertiary/aromatic N) is 2. The van der Waals surface area contributed by atoms with Gasteiger partial charge in [-0.05, 0) is 25.0 Å². The maximum Gasteiger partial charge on any atom is 0.0572 e. The van der Waals surface area contributed by atoms with Crippen LogP contribution < -0.4 is 10.6 Å². The molecule has 3 nitrogen and oxygen atoms in total. The summed E-state index contributed by atoms with van der Waals surface area (Å²) in [6.07, 6.45) is 4.13.